The minimum atomic E-state index is -1.11. The molecular formula is C14H22O7. The molecule has 1 heterocycles. The molecule has 0 saturated carbocycles. The van der Waals surface area contributed by atoms with Crippen LogP contribution in [0.1, 0.15) is 20.8 Å². The minimum Gasteiger partial charge on any atom is -0.463 e. The first kappa shape index (κ1) is 16.4. The fourth-order valence-electron chi connectivity index (χ4n) is 2.56. The number of rotatable bonds is 5. The van der Waals surface area contributed by atoms with Crippen LogP contribution in [0.25, 0.3) is 0 Å². The van der Waals surface area contributed by atoms with Crippen LogP contribution >= 0.6 is 0 Å². The quantitative estimate of drug-likeness (QED) is 0.580. The Morgan fingerprint density at radius 1 is 1.38 bits per heavy atom. The second kappa shape index (κ2) is 6.41. The van der Waals surface area contributed by atoms with Gasteiger partial charge in [0.25, 0.3) is 0 Å². The van der Waals surface area contributed by atoms with Crippen molar-refractivity contribution in [1.29, 1.82) is 0 Å². The highest BCUT2D eigenvalue weighted by Gasteiger charge is 2.52. The monoisotopic (exact) mass is 302 g/mol. The minimum absolute atomic E-state index is 0.0420. The van der Waals surface area contributed by atoms with E-state index in [0.29, 0.717) is 0 Å². The van der Waals surface area contributed by atoms with Crippen molar-refractivity contribution < 1.29 is 33.6 Å². The number of hydrogen-bond donors (Lipinski definition) is 1. The second-order valence-electron chi connectivity index (χ2n) is 5.39. The number of hydrogen-bond acceptors (Lipinski definition) is 7. The first-order valence-corrected chi connectivity index (χ1v) is 6.92. The summed E-state index contributed by atoms with van der Waals surface area (Å²) < 4.78 is 26.8. The smallest absolute Gasteiger partial charge is 0.336 e. The Morgan fingerprint density at radius 3 is 2.67 bits per heavy atom. The van der Waals surface area contributed by atoms with Gasteiger partial charge in [-0.15, -0.1) is 0 Å². The molecule has 0 radical (unpaired) electrons. The summed E-state index contributed by atoms with van der Waals surface area (Å²) in [5.41, 5.74) is 0.125. The molecule has 1 N–H and O–H groups in total. The van der Waals surface area contributed by atoms with Gasteiger partial charge in [-0.25, -0.2) is 4.79 Å². The van der Waals surface area contributed by atoms with Gasteiger partial charge in [-0.2, -0.15) is 0 Å². The molecule has 0 unspecified atom stereocenters. The summed E-state index contributed by atoms with van der Waals surface area (Å²) in [4.78, 5) is 11.9. The molecule has 2 aliphatic rings. The number of ether oxygens (including phenoxy) is 5. The summed E-state index contributed by atoms with van der Waals surface area (Å²) in [6.45, 7) is 5.46. The second-order valence-corrected chi connectivity index (χ2v) is 5.39. The van der Waals surface area contributed by atoms with Crippen LogP contribution in [0, 0.1) is 0 Å². The molecule has 1 aliphatic carbocycles. The van der Waals surface area contributed by atoms with Crippen LogP contribution in [0.4, 0.5) is 0 Å². The lowest BCUT2D eigenvalue weighted by atomic mass is 9.89. The summed E-state index contributed by atoms with van der Waals surface area (Å²) in [6.07, 6.45) is -1.35. The molecule has 0 bridgehead atoms. The SMILES string of the molecule is CCOC(=O)C1=C[C@H](OCOC)[C@@H]2OC(C)(C)O[C@H]2[C@@H]1O. The van der Waals surface area contributed by atoms with Crippen LogP contribution in [-0.4, -0.2) is 61.8 Å². The first-order valence-electron chi connectivity index (χ1n) is 6.92. The molecule has 2 rings (SSSR count). The average molecular weight is 302 g/mol. The van der Waals surface area contributed by atoms with E-state index < -0.39 is 36.2 Å². The van der Waals surface area contributed by atoms with Crippen molar-refractivity contribution in [3.05, 3.63) is 11.6 Å². The van der Waals surface area contributed by atoms with E-state index in [9.17, 15) is 9.90 Å². The highest BCUT2D eigenvalue weighted by atomic mass is 16.8. The van der Waals surface area contributed by atoms with E-state index in [1.165, 1.54) is 13.2 Å². The van der Waals surface area contributed by atoms with Crippen LogP contribution in [0.2, 0.25) is 0 Å². The van der Waals surface area contributed by atoms with E-state index in [4.69, 9.17) is 23.7 Å². The summed E-state index contributed by atoms with van der Waals surface area (Å²) in [5.74, 6) is -1.44. The van der Waals surface area contributed by atoms with Gasteiger partial charge in [0, 0.05) is 7.11 Å². The van der Waals surface area contributed by atoms with Crippen molar-refractivity contribution in [3.8, 4) is 0 Å². The average Bonchev–Trinajstić information content (AvgIpc) is 2.74. The van der Waals surface area contributed by atoms with Crippen LogP contribution in [0.15, 0.2) is 11.6 Å². The summed E-state index contributed by atoms with van der Waals surface area (Å²) >= 11 is 0. The summed E-state index contributed by atoms with van der Waals surface area (Å²) in [6, 6.07) is 0. The lowest BCUT2D eigenvalue weighted by molar-refractivity contribution is -0.164. The molecule has 0 amide bonds. The van der Waals surface area contributed by atoms with Crippen LogP contribution in [0.3, 0.4) is 0 Å². The van der Waals surface area contributed by atoms with E-state index in [2.05, 4.69) is 0 Å². The number of carbonyl (C=O) groups excluding carboxylic acids is 1. The normalized spacial score (nSPS) is 34.2. The molecule has 0 spiro atoms. The van der Waals surface area contributed by atoms with E-state index in [-0.39, 0.29) is 19.0 Å². The van der Waals surface area contributed by atoms with Gasteiger partial charge in [0.05, 0.1) is 12.2 Å². The zero-order valence-electron chi connectivity index (χ0n) is 12.7. The van der Waals surface area contributed by atoms with Crippen LogP contribution in [-0.2, 0) is 28.5 Å². The Kier molecular flexibility index (Phi) is 5.00. The lowest BCUT2D eigenvalue weighted by Crippen LogP contribution is -2.49. The molecule has 21 heavy (non-hydrogen) atoms. The first-order chi connectivity index (χ1) is 9.89. The van der Waals surface area contributed by atoms with Gasteiger partial charge in [-0.1, -0.05) is 0 Å². The molecule has 0 aromatic carbocycles. The predicted octanol–water partition coefficient (Wildman–Crippen LogP) is 0.360. The van der Waals surface area contributed by atoms with E-state index >= 15 is 0 Å². The third-order valence-electron chi connectivity index (χ3n) is 3.35. The van der Waals surface area contributed by atoms with Crippen molar-refractivity contribution in [3.63, 3.8) is 0 Å². The molecular weight excluding hydrogens is 280 g/mol. The van der Waals surface area contributed by atoms with Gasteiger partial charge in [0.1, 0.15) is 31.2 Å². The number of aliphatic hydroxyl groups is 1. The fourth-order valence-corrected chi connectivity index (χ4v) is 2.56. The Labute approximate surface area is 123 Å². The van der Waals surface area contributed by atoms with Gasteiger partial charge < -0.3 is 28.8 Å². The van der Waals surface area contributed by atoms with Gasteiger partial charge >= 0.3 is 5.97 Å². The van der Waals surface area contributed by atoms with Crippen LogP contribution < -0.4 is 0 Å². The Balaban J connectivity index is 2.25. The molecule has 0 aromatic rings. The zero-order valence-corrected chi connectivity index (χ0v) is 12.7. The topological polar surface area (TPSA) is 83.5 Å². The number of carbonyl (C=O) groups is 1. The maximum absolute atomic E-state index is 11.9. The lowest BCUT2D eigenvalue weighted by Gasteiger charge is -2.32. The largest absolute Gasteiger partial charge is 0.463 e. The van der Waals surface area contributed by atoms with Gasteiger partial charge in [0.2, 0.25) is 0 Å². The standard InChI is InChI=1S/C14H22O7/c1-5-18-13(16)8-6-9(19-7-17-4)11-12(10(8)15)21-14(2,3)20-11/h6,9-12,15H,5,7H2,1-4H3/t9-,10+,11-,12-/m0/s1. The van der Waals surface area contributed by atoms with Crippen molar-refractivity contribution in [2.75, 3.05) is 20.5 Å². The van der Waals surface area contributed by atoms with E-state index in [0.717, 1.165) is 0 Å². The van der Waals surface area contributed by atoms with Crippen LogP contribution in [0.5, 0.6) is 0 Å². The maximum Gasteiger partial charge on any atom is 0.336 e. The molecule has 7 heteroatoms. The third-order valence-corrected chi connectivity index (χ3v) is 3.35. The molecule has 7 nitrogen and oxygen atoms in total. The molecule has 1 aliphatic heterocycles. The predicted molar refractivity (Wildman–Crippen MR) is 71.3 cm³/mol. The maximum atomic E-state index is 11.9. The molecule has 1 fully saturated rings. The third kappa shape index (κ3) is 3.44. The Hall–Kier alpha value is -0.990. The van der Waals surface area contributed by atoms with Gasteiger partial charge in [-0.05, 0) is 26.8 Å². The Bertz CT molecular complexity index is 418. The van der Waals surface area contributed by atoms with Crippen molar-refractivity contribution in [1.82, 2.24) is 0 Å². The van der Waals surface area contributed by atoms with E-state index in [1.54, 1.807) is 20.8 Å². The number of methoxy groups -OCH3 is 1. The van der Waals surface area contributed by atoms with Crippen molar-refractivity contribution in [2.45, 2.75) is 51.0 Å². The van der Waals surface area contributed by atoms with Gasteiger partial charge in [0.15, 0.2) is 5.79 Å². The molecule has 4 atom stereocenters. The van der Waals surface area contributed by atoms with E-state index in [1.807, 2.05) is 0 Å². The van der Waals surface area contributed by atoms with Crippen molar-refractivity contribution >= 4 is 5.97 Å². The molecule has 120 valence electrons. The zero-order chi connectivity index (χ0) is 15.6. The number of esters is 1. The molecule has 1 saturated heterocycles. The highest BCUT2D eigenvalue weighted by molar-refractivity contribution is 5.90. The number of aliphatic hydroxyl groups excluding tert-OH is 1. The Morgan fingerprint density at radius 2 is 2.05 bits per heavy atom. The van der Waals surface area contributed by atoms with Crippen molar-refractivity contribution in [2.24, 2.45) is 0 Å². The fraction of sp³-hybridized carbons (Fsp3) is 0.786. The molecule has 0 aromatic heterocycles. The number of fused-ring (bicyclic) bond motifs is 1. The van der Waals surface area contributed by atoms with Gasteiger partial charge in [-0.3, -0.25) is 0 Å². The summed E-state index contributed by atoms with van der Waals surface area (Å²) in [7, 11) is 1.50. The summed E-state index contributed by atoms with van der Waals surface area (Å²) in [5, 5.41) is 10.4. The highest BCUT2D eigenvalue weighted by Crippen LogP contribution is 2.38.